The molecule has 0 spiro atoms. The highest BCUT2D eigenvalue weighted by molar-refractivity contribution is 7.16. The van der Waals surface area contributed by atoms with E-state index in [1.807, 2.05) is 0 Å². The van der Waals surface area contributed by atoms with Crippen LogP contribution in [0.1, 0.15) is 80.2 Å². The van der Waals surface area contributed by atoms with E-state index in [-0.39, 0.29) is 0 Å². The average molecular weight is 588 g/mol. The standard InChI is InChI=1S/C31H41N9OS/c1-20-7-8-31(2,26-23(19-32)28(33)42-27(20)26)30-36-29(37-41-30)24-17-22(38-11-9-34-10-12-38)18-25(35-24)40-15-13-39(14-16-40)21-5-3-4-6-21/h17-18,20-21,34H,3-16,33H2,1-2H3. The summed E-state index contributed by atoms with van der Waals surface area (Å²) in [6.45, 7) is 12.2. The summed E-state index contributed by atoms with van der Waals surface area (Å²) in [5, 5.41) is 18.5. The smallest absolute Gasteiger partial charge is 0.237 e. The molecule has 5 heterocycles. The van der Waals surface area contributed by atoms with Gasteiger partial charge in [-0.15, -0.1) is 11.3 Å². The maximum Gasteiger partial charge on any atom is 0.237 e. The Morgan fingerprint density at radius 2 is 1.81 bits per heavy atom. The van der Waals surface area contributed by atoms with Gasteiger partial charge in [-0.25, -0.2) is 4.98 Å². The van der Waals surface area contributed by atoms with E-state index in [0.717, 1.165) is 98.9 Å². The van der Waals surface area contributed by atoms with Crippen molar-refractivity contribution in [1.82, 2.24) is 25.3 Å². The summed E-state index contributed by atoms with van der Waals surface area (Å²) in [6, 6.07) is 7.46. The molecule has 3 aromatic rings. The summed E-state index contributed by atoms with van der Waals surface area (Å²) in [5.74, 6) is 2.35. The lowest BCUT2D eigenvalue weighted by atomic mass is 9.69. The Balaban J connectivity index is 1.22. The van der Waals surface area contributed by atoms with E-state index in [2.05, 4.69) is 57.2 Å². The van der Waals surface area contributed by atoms with Crippen molar-refractivity contribution in [3.05, 3.63) is 34.0 Å². The van der Waals surface area contributed by atoms with Crippen molar-refractivity contribution in [2.45, 2.75) is 69.7 Å². The van der Waals surface area contributed by atoms with Gasteiger partial charge in [-0.2, -0.15) is 10.2 Å². The van der Waals surface area contributed by atoms with Crippen molar-refractivity contribution >= 4 is 27.8 Å². The van der Waals surface area contributed by atoms with Gasteiger partial charge in [-0.1, -0.05) is 24.9 Å². The molecule has 2 aliphatic heterocycles. The highest BCUT2D eigenvalue weighted by Gasteiger charge is 2.45. The number of nitriles is 1. The molecule has 4 aliphatic rings. The van der Waals surface area contributed by atoms with Gasteiger partial charge in [0.2, 0.25) is 11.7 Å². The molecule has 2 aliphatic carbocycles. The number of anilines is 3. The Labute approximate surface area is 251 Å². The van der Waals surface area contributed by atoms with Crippen molar-refractivity contribution in [3.63, 3.8) is 0 Å². The van der Waals surface area contributed by atoms with Crippen molar-refractivity contribution in [3.8, 4) is 17.6 Å². The third-order valence-electron chi connectivity index (χ3n) is 10.0. The molecule has 0 aromatic carbocycles. The van der Waals surface area contributed by atoms with Gasteiger partial charge in [-0.3, -0.25) is 4.90 Å². The van der Waals surface area contributed by atoms with Crippen LogP contribution < -0.4 is 20.9 Å². The molecule has 0 radical (unpaired) electrons. The number of nitrogens with one attached hydrogen (secondary N) is 1. The van der Waals surface area contributed by atoms with Crippen molar-refractivity contribution in [2.75, 3.05) is 67.9 Å². The van der Waals surface area contributed by atoms with Gasteiger partial charge in [0.05, 0.1) is 11.0 Å². The second-order valence-electron chi connectivity index (χ2n) is 12.7. The number of fused-ring (bicyclic) bond motifs is 1. The Kier molecular flexibility index (Phi) is 7.32. The minimum Gasteiger partial charge on any atom is -0.389 e. The van der Waals surface area contributed by atoms with Crippen LogP contribution in [0.5, 0.6) is 0 Å². The van der Waals surface area contributed by atoms with Gasteiger partial charge < -0.3 is 25.4 Å². The Morgan fingerprint density at radius 3 is 2.55 bits per heavy atom. The molecule has 3 fully saturated rings. The van der Waals surface area contributed by atoms with Crippen LogP contribution >= 0.6 is 11.3 Å². The zero-order valence-electron chi connectivity index (χ0n) is 24.7. The van der Waals surface area contributed by atoms with Crippen LogP contribution in [0.15, 0.2) is 16.7 Å². The third-order valence-corrected chi connectivity index (χ3v) is 11.3. The van der Waals surface area contributed by atoms with Gasteiger partial charge in [-0.05, 0) is 44.6 Å². The van der Waals surface area contributed by atoms with E-state index in [9.17, 15) is 5.26 Å². The second-order valence-corrected chi connectivity index (χ2v) is 13.7. The molecular weight excluding hydrogens is 546 g/mol. The lowest BCUT2D eigenvalue weighted by molar-refractivity contribution is 0.187. The first-order chi connectivity index (χ1) is 20.4. The van der Waals surface area contributed by atoms with Crippen LogP contribution in [-0.2, 0) is 5.41 Å². The maximum atomic E-state index is 9.98. The van der Waals surface area contributed by atoms with Crippen molar-refractivity contribution in [2.24, 2.45) is 0 Å². The van der Waals surface area contributed by atoms with E-state index in [0.29, 0.717) is 28.2 Å². The first-order valence-corrected chi connectivity index (χ1v) is 16.4. The van der Waals surface area contributed by atoms with E-state index >= 15 is 0 Å². The number of aromatic nitrogens is 3. The number of rotatable bonds is 5. The topological polar surface area (TPSA) is 123 Å². The predicted octanol–water partition coefficient (Wildman–Crippen LogP) is 4.32. The van der Waals surface area contributed by atoms with Crippen molar-refractivity contribution < 1.29 is 4.52 Å². The summed E-state index contributed by atoms with van der Waals surface area (Å²) >= 11 is 1.53. The number of pyridine rings is 1. The zero-order chi connectivity index (χ0) is 28.8. The van der Waals surface area contributed by atoms with Crippen LogP contribution in [0, 0.1) is 11.3 Å². The van der Waals surface area contributed by atoms with Gasteiger partial charge >= 0.3 is 0 Å². The minimum absolute atomic E-state index is 0.346. The molecule has 3 N–H and O–H groups in total. The molecular formula is C31H41N9OS. The van der Waals surface area contributed by atoms with E-state index in [4.69, 9.17) is 20.2 Å². The number of piperazine rings is 2. The maximum absolute atomic E-state index is 9.98. The Morgan fingerprint density at radius 1 is 1.05 bits per heavy atom. The first-order valence-electron chi connectivity index (χ1n) is 15.6. The van der Waals surface area contributed by atoms with Crippen LogP contribution in [0.4, 0.5) is 16.5 Å². The molecule has 0 amide bonds. The molecule has 42 heavy (non-hydrogen) atoms. The van der Waals surface area contributed by atoms with E-state index in [1.54, 1.807) is 0 Å². The lowest BCUT2D eigenvalue weighted by Gasteiger charge is -2.39. The van der Waals surface area contributed by atoms with Crippen LogP contribution in [-0.4, -0.2) is 78.4 Å². The zero-order valence-corrected chi connectivity index (χ0v) is 25.5. The fourth-order valence-corrected chi connectivity index (χ4v) is 8.70. The Hall–Kier alpha value is -3.20. The molecule has 222 valence electrons. The highest BCUT2D eigenvalue weighted by atomic mass is 32.1. The molecule has 11 heteroatoms. The summed E-state index contributed by atoms with van der Waals surface area (Å²) in [6.07, 6.45) is 7.21. The van der Waals surface area contributed by atoms with Gasteiger partial charge in [0, 0.05) is 80.6 Å². The molecule has 10 nitrogen and oxygen atoms in total. The van der Waals surface area contributed by atoms with Gasteiger partial charge in [0.1, 0.15) is 22.6 Å². The summed E-state index contributed by atoms with van der Waals surface area (Å²) in [4.78, 5) is 18.8. The largest absolute Gasteiger partial charge is 0.389 e. The molecule has 2 atom stereocenters. The SMILES string of the molecule is CC1CCC(C)(c2nc(-c3cc(N4CCNCC4)cc(N4CCN(C5CCCC5)CC4)n3)no2)c2c1sc(N)c2C#N. The highest BCUT2D eigenvalue weighted by Crippen LogP contribution is 2.52. The first kappa shape index (κ1) is 27.6. The number of nitrogen functional groups attached to an aromatic ring is 1. The number of nitrogens with two attached hydrogens (primary N) is 1. The van der Waals surface area contributed by atoms with Crippen LogP contribution in [0.3, 0.4) is 0 Å². The molecule has 2 unspecified atom stereocenters. The molecule has 1 saturated carbocycles. The number of nitrogens with zero attached hydrogens (tertiary/aromatic N) is 7. The minimum atomic E-state index is -0.568. The summed E-state index contributed by atoms with van der Waals surface area (Å²) < 4.78 is 6.01. The third kappa shape index (κ3) is 4.83. The fraction of sp³-hybridized carbons (Fsp3) is 0.613. The summed E-state index contributed by atoms with van der Waals surface area (Å²) in [5.41, 5.74) is 9.14. The van der Waals surface area contributed by atoms with Crippen molar-refractivity contribution in [1.29, 1.82) is 5.26 Å². The number of hydrogen-bond donors (Lipinski definition) is 2. The average Bonchev–Trinajstić information content (AvgIpc) is 3.80. The Bertz CT molecular complexity index is 1470. The lowest BCUT2D eigenvalue weighted by Crippen LogP contribution is -2.50. The molecule has 0 bridgehead atoms. The number of thiophene rings is 1. The van der Waals surface area contributed by atoms with Crippen LogP contribution in [0.25, 0.3) is 11.5 Å². The van der Waals surface area contributed by atoms with E-state index < -0.39 is 5.41 Å². The van der Waals surface area contributed by atoms with E-state index in [1.165, 1.54) is 37.0 Å². The van der Waals surface area contributed by atoms with Crippen LogP contribution in [0.2, 0.25) is 0 Å². The fourth-order valence-electron chi connectivity index (χ4n) is 7.47. The molecule has 3 aromatic heterocycles. The number of hydrogen-bond acceptors (Lipinski definition) is 11. The second kappa shape index (κ2) is 11.1. The monoisotopic (exact) mass is 587 g/mol. The predicted molar refractivity (Wildman–Crippen MR) is 166 cm³/mol. The molecule has 2 saturated heterocycles. The normalized spacial score (nSPS) is 25.5. The van der Waals surface area contributed by atoms with Gasteiger partial charge in [0.25, 0.3) is 0 Å². The van der Waals surface area contributed by atoms with Gasteiger partial charge in [0.15, 0.2) is 0 Å². The quantitative estimate of drug-likeness (QED) is 0.446. The summed E-state index contributed by atoms with van der Waals surface area (Å²) in [7, 11) is 0. The molecule has 7 rings (SSSR count).